The number of hydrogen-bond donors (Lipinski definition) is 2. The van der Waals surface area contributed by atoms with E-state index in [0.29, 0.717) is 31.9 Å². The average Bonchev–Trinajstić information content (AvgIpc) is 2.91. The van der Waals surface area contributed by atoms with E-state index in [-0.39, 0.29) is 10.1 Å². The van der Waals surface area contributed by atoms with E-state index in [1.807, 2.05) is 0 Å². The van der Waals surface area contributed by atoms with Crippen LogP contribution in [0.2, 0.25) is 0 Å². The van der Waals surface area contributed by atoms with Crippen molar-refractivity contribution < 1.29 is 22.7 Å². The molecule has 7 nitrogen and oxygen atoms in total. The molecule has 1 aromatic heterocycles. The first-order chi connectivity index (χ1) is 9.95. The molecule has 0 aliphatic rings. The van der Waals surface area contributed by atoms with Gasteiger partial charge in [-0.3, -0.25) is 4.79 Å². The molecule has 0 unspecified atom stereocenters. The molecule has 21 heavy (non-hydrogen) atoms. The molecule has 1 heterocycles. The first kappa shape index (κ1) is 18.1. The Morgan fingerprint density at radius 2 is 2.10 bits per heavy atom. The van der Waals surface area contributed by atoms with Crippen molar-refractivity contribution in [1.29, 1.82) is 0 Å². The predicted molar refractivity (Wildman–Crippen MR) is 80.0 cm³/mol. The van der Waals surface area contributed by atoms with Gasteiger partial charge in [-0.15, -0.1) is 11.3 Å². The highest BCUT2D eigenvalue weighted by Crippen LogP contribution is 2.18. The van der Waals surface area contributed by atoms with Gasteiger partial charge < -0.3 is 14.8 Å². The van der Waals surface area contributed by atoms with E-state index in [0.717, 1.165) is 24.2 Å². The molecule has 1 amide bonds. The maximum absolute atomic E-state index is 11.8. The molecule has 3 N–H and O–H groups in total. The van der Waals surface area contributed by atoms with Crippen LogP contribution in [0.25, 0.3) is 0 Å². The van der Waals surface area contributed by atoms with Crippen molar-refractivity contribution in [2.45, 2.75) is 17.1 Å². The van der Waals surface area contributed by atoms with Crippen molar-refractivity contribution in [1.82, 2.24) is 5.32 Å². The van der Waals surface area contributed by atoms with Crippen LogP contribution in [-0.4, -0.2) is 47.8 Å². The van der Waals surface area contributed by atoms with Gasteiger partial charge in [0.15, 0.2) is 0 Å². The number of nitrogens with two attached hydrogens (primary N) is 1. The minimum absolute atomic E-state index is 0.0146. The molecule has 0 fully saturated rings. The highest BCUT2D eigenvalue weighted by Gasteiger charge is 2.14. The Morgan fingerprint density at radius 1 is 1.33 bits per heavy atom. The summed E-state index contributed by atoms with van der Waals surface area (Å²) in [5.74, 6) is -0.304. The molecule has 9 heteroatoms. The Bertz CT molecular complexity index is 542. The second-order valence-corrected chi connectivity index (χ2v) is 6.97. The smallest absolute Gasteiger partial charge is 0.252 e. The molecule has 0 saturated carbocycles. The quantitative estimate of drug-likeness (QED) is 0.607. The number of rotatable bonds is 10. The van der Waals surface area contributed by atoms with Gasteiger partial charge in [0.1, 0.15) is 4.21 Å². The number of sulfonamides is 1. The van der Waals surface area contributed by atoms with Gasteiger partial charge >= 0.3 is 0 Å². The van der Waals surface area contributed by atoms with E-state index < -0.39 is 10.0 Å². The summed E-state index contributed by atoms with van der Waals surface area (Å²) in [6.45, 7) is 2.26. The molecule has 0 radical (unpaired) electrons. The Balaban J connectivity index is 2.21. The van der Waals surface area contributed by atoms with Gasteiger partial charge in [0.2, 0.25) is 10.0 Å². The molecule has 0 bridgehead atoms. The molecule has 0 spiro atoms. The molecule has 1 rings (SSSR count). The summed E-state index contributed by atoms with van der Waals surface area (Å²) in [7, 11) is -2.13. The third-order valence-electron chi connectivity index (χ3n) is 2.55. The molecule has 0 aromatic carbocycles. The van der Waals surface area contributed by atoms with E-state index in [4.69, 9.17) is 14.6 Å². The van der Waals surface area contributed by atoms with Gasteiger partial charge in [0.25, 0.3) is 5.91 Å². The summed E-state index contributed by atoms with van der Waals surface area (Å²) >= 11 is 0.934. The number of amides is 1. The zero-order valence-corrected chi connectivity index (χ0v) is 13.5. The number of carbonyl (C=O) groups excluding carboxylic acids is 1. The number of nitrogens with one attached hydrogen (secondary N) is 1. The first-order valence-corrected chi connectivity index (χ1v) is 8.84. The molecule has 120 valence electrons. The van der Waals surface area contributed by atoms with Gasteiger partial charge in [0, 0.05) is 25.6 Å². The maximum atomic E-state index is 11.8. The Morgan fingerprint density at radius 3 is 2.71 bits per heavy atom. The fraction of sp³-hybridized carbons (Fsp3) is 0.583. The third kappa shape index (κ3) is 7.00. The molecular weight excluding hydrogens is 316 g/mol. The fourth-order valence-corrected chi connectivity index (χ4v) is 3.05. The van der Waals surface area contributed by atoms with Crippen LogP contribution in [-0.2, 0) is 19.5 Å². The highest BCUT2D eigenvalue weighted by molar-refractivity contribution is 7.91. The lowest BCUT2D eigenvalue weighted by Gasteiger charge is -2.05. The van der Waals surface area contributed by atoms with Crippen LogP contribution < -0.4 is 10.5 Å². The number of ether oxygens (including phenoxy) is 2. The van der Waals surface area contributed by atoms with Gasteiger partial charge in [-0.05, 0) is 18.9 Å². The minimum atomic E-state index is -3.74. The number of primary sulfonamides is 1. The maximum Gasteiger partial charge on any atom is 0.252 e. The average molecular weight is 336 g/mol. The normalized spacial score (nSPS) is 11.5. The minimum Gasteiger partial charge on any atom is -0.382 e. The van der Waals surface area contributed by atoms with Gasteiger partial charge in [-0.1, -0.05) is 0 Å². The van der Waals surface area contributed by atoms with Gasteiger partial charge in [-0.2, -0.15) is 0 Å². The Hall–Kier alpha value is -1.00. The van der Waals surface area contributed by atoms with Crippen molar-refractivity contribution in [3.8, 4) is 0 Å². The second kappa shape index (κ2) is 9.11. The van der Waals surface area contributed by atoms with Crippen LogP contribution >= 0.6 is 11.3 Å². The van der Waals surface area contributed by atoms with Crippen molar-refractivity contribution >= 4 is 27.3 Å². The first-order valence-electron chi connectivity index (χ1n) is 6.41. The SMILES string of the molecule is COCCOCCCCNC(=O)c1csc(S(N)(=O)=O)c1. The monoisotopic (exact) mass is 336 g/mol. The number of carbonyl (C=O) groups is 1. The lowest BCUT2D eigenvalue weighted by molar-refractivity contribution is 0.0686. The van der Waals surface area contributed by atoms with Gasteiger partial charge in [-0.25, -0.2) is 13.6 Å². The Labute approximate surface area is 128 Å². The predicted octanol–water partition coefficient (Wildman–Crippen LogP) is 0.569. The molecular formula is C12H20N2O5S2. The van der Waals surface area contributed by atoms with Gasteiger partial charge in [0.05, 0.1) is 18.8 Å². The van der Waals surface area contributed by atoms with E-state index in [1.54, 1.807) is 7.11 Å². The van der Waals surface area contributed by atoms with Crippen molar-refractivity contribution in [2.24, 2.45) is 5.14 Å². The summed E-state index contributed by atoms with van der Waals surface area (Å²) in [5.41, 5.74) is 0.306. The number of unbranched alkanes of at least 4 members (excludes halogenated alkanes) is 1. The zero-order valence-electron chi connectivity index (χ0n) is 11.8. The largest absolute Gasteiger partial charge is 0.382 e. The van der Waals surface area contributed by atoms with Crippen LogP contribution in [0.1, 0.15) is 23.2 Å². The summed E-state index contributed by atoms with van der Waals surface area (Å²) in [6, 6.07) is 1.28. The van der Waals surface area contributed by atoms with Crippen molar-refractivity contribution in [3.63, 3.8) is 0 Å². The van der Waals surface area contributed by atoms with E-state index in [1.165, 1.54) is 11.4 Å². The number of hydrogen-bond acceptors (Lipinski definition) is 6. The number of methoxy groups -OCH3 is 1. The molecule has 0 aliphatic carbocycles. The van der Waals surface area contributed by atoms with E-state index in [2.05, 4.69) is 5.32 Å². The second-order valence-electron chi connectivity index (χ2n) is 4.27. The van der Waals surface area contributed by atoms with Crippen LogP contribution in [0, 0.1) is 0 Å². The van der Waals surface area contributed by atoms with Crippen LogP contribution in [0.3, 0.4) is 0 Å². The lowest BCUT2D eigenvalue weighted by atomic mass is 10.3. The fourth-order valence-electron chi connectivity index (χ4n) is 1.46. The lowest BCUT2D eigenvalue weighted by Crippen LogP contribution is -2.24. The van der Waals surface area contributed by atoms with Crippen molar-refractivity contribution in [2.75, 3.05) is 33.5 Å². The topological polar surface area (TPSA) is 108 Å². The Kier molecular flexibility index (Phi) is 7.83. The van der Waals surface area contributed by atoms with Crippen LogP contribution in [0.15, 0.2) is 15.7 Å². The summed E-state index contributed by atoms with van der Waals surface area (Å²) in [4.78, 5) is 11.8. The van der Waals surface area contributed by atoms with E-state index >= 15 is 0 Å². The molecule has 0 saturated heterocycles. The van der Waals surface area contributed by atoms with Crippen LogP contribution in [0.4, 0.5) is 0 Å². The number of thiophene rings is 1. The third-order valence-corrected chi connectivity index (χ3v) is 4.94. The molecule has 0 atom stereocenters. The summed E-state index contributed by atoms with van der Waals surface area (Å²) in [6.07, 6.45) is 1.61. The van der Waals surface area contributed by atoms with E-state index in [9.17, 15) is 13.2 Å². The molecule has 1 aromatic rings. The highest BCUT2D eigenvalue weighted by atomic mass is 32.2. The zero-order chi connectivity index (χ0) is 15.7. The standard InChI is InChI=1S/C12H20N2O5S2/c1-18-6-7-19-5-3-2-4-14-12(15)10-8-11(20-9-10)21(13,16)17/h8-9H,2-7H2,1H3,(H,14,15)(H2,13,16,17). The van der Waals surface area contributed by atoms with Crippen molar-refractivity contribution in [3.05, 3.63) is 17.0 Å². The van der Waals surface area contributed by atoms with Crippen LogP contribution in [0.5, 0.6) is 0 Å². The summed E-state index contributed by atoms with van der Waals surface area (Å²) in [5, 5.41) is 9.18. The molecule has 0 aliphatic heterocycles. The summed E-state index contributed by atoms with van der Waals surface area (Å²) < 4.78 is 32.3.